The fraction of sp³-hybridized carbons (Fsp3) is 0.435. The number of benzene rings is 1. The molecule has 2 aromatic rings. The summed E-state index contributed by atoms with van der Waals surface area (Å²) >= 11 is 0. The molecule has 5 heteroatoms. The fourth-order valence-electron chi connectivity index (χ4n) is 4.91. The Kier molecular flexibility index (Phi) is 4.58. The smallest absolute Gasteiger partial charge is 0.219 e. The number of nitrogens with zero attached hydrogens (tertiary/aromatic N) is 4. The van der Waals surface area contributed by atoms with E-state index < -0.39 is 0 Å². The Morgan fingerprint density at radius 1 is 1.11 bits per heavy atom. The van der Waals surface area contributed by atoms with Crippen molar-refractivity contribution < 1.29 is 4.79 Å². The highest BCUT2D eigenvalue weighted by Crippen LogP contribution is 2.46. The molecule has 4 rings (SSSR count). The maximum absolute atomic E-state index is 12.3. The predicted octanol–water partition coefficient (Wildman–Crippen LogP) is 3.53. The minimum Gasteiger partial charge on any atom is -0.355 e. The predicted molar refractivity (Wildman–Crippen MR) is 109 cm³/mol. The van der Waals surface area contributed by atoms with Crippen LogP contribution in [0.25, 0.3) is 0 Å². The van der Waals surface area contributed by atoms with E-state index in [9.17, 15) is 10.1 Å². The molecule has 2 fully saturated rings. The van der Waals surface area contributed by atoms with Gasteiger partial charge in [-0.1, -0.05) is 30.3 Å². The second-order valence-electron chi connectivity index (χ2n) is 8.11. The van der Waals surface area contributed by atoms with E-state index in [1.54, 1.807) is 6.92 Å². The molecule has 0 N–H and O–H groups in total. The zero-order chi connectivity index (χ0) is 20.0. The molecule has 1 amide bonds. The van der Waals surface area contributed by atoms with Crippen LogP contribution in [0.4, 0.5) is 5.82 Å². The van der Waals surface area contributed by atoms with Gasteiger partial charge in [-0.05, 0) is 37.5 Å². The number of rotatable bonds is 2. The summed E-state index contributed by atoms with van der Waals surface area (Å²) in [7, 11) is 0. The van der Waals surface area contributed by atoms with Gasteiger partial charge in [-0.2, -0.15) is 5.26 Å². The highest BCUT2D eigenvalue weighted by atomic mass is 16.2. The van der Waals surface area contributed by atoms with Crippen molar-refractivity contribution in [2.24, 2.45) is 11.8 Å². The first kappa shape index (κ1) is 18.5. The van der Waals surface area contributed by atoms with E-state index in [1.165, 1.54) is 5.56 Å². The van der Waals surface area contributed by atoms with Crippen molar-refractivity contribution in [3.63, 3.8) is 0 Å². The van der Waals surface area contributed by atoms with Gasteiger partial charge in [0.2, 0.25) is 5.91 Å². The number of carbonyl (C=O) groups excluding carboxylic acids is 1. The Morgan fingerprint density at radius 3 is 2.46 bits per heavy atom. The third-order valence-corrected chi connectivity index (χ3v) is 6.60. The summed E-state index contributed by atoms with van der Waals surface area (Å²) < 4.78 is 0. The molecule has 2 aliphatic rings. The van der Waals surface area contributed by atoms with Crippen LogP contribution in [0.1, 0.15) is 40.9 Å². The Morgan fingerprint density at radius 2 is 1.82 bits per heavy atom. The first-order valence-electron chi connectivity index (χ1n) is 9.87. The van der Waals surface area contributed by atoms with Gasteiger partial charge in [-0.3, -0.25) is 4.79 Å². The summed E-state index contributed by atoms with van der Waals surface area (Å²) in [4.78, 5) is 21.4. The lowest BCUT2D eigenvalue weighted by Gasteiger charge is -2.30. The number of hydrogen-bond acceptors (Lipinski definition) is 4. The van der Waals surface area contributed by atoms with E-state index in [1.807, 2.05) is 43.9 Å². The van der Waals surface area contributed by atoms with Crippen LogP contribution < -0.4 is 4.90 Å². The molecule has 2 aliphatic heterocycles. The standard InChI is InChI=1S/C23H26N4O/c1-14-15(2)20(10-24)23(25-16(14)3)26-11-19-12-27(17(4)28)22(21(19)13-26)18-8-6-5-7-9-18/h5-9,19,21-22H,11-13H2,1-4H3/t19-,21-,22-/m1/s1. The summed E-state index contributed by atoms with van der Waals surface area (Å²) in [5.74, 6) is 1.68. The van der Waals surface area contributed by atoms with Gasteiger partial charge in [-0.15, -0.1) is 0 Å². The lowest BCUT2D eigenvalue weighted by molar-refractivity contribution is -0.130. The molecule has 28 heavy (non-hydrogen) atoms. The third kappa shape index (κ3) is 2.84. The molecule has 0 spiro atoms. The molecule has 0 aliphatic carbocycles. The Labute approximate surface area is 166 Å². The van der Waals surface area contributed by atoms with Crippen LogP contribution in [-0.2, 0) is 4.79 Å². The van der Waals surface area contributed by atoms with Gasteiger partial charge in [0.05, 0.1) is 11.6 Å². The number of aryl methyl sites for hydroxylation is 1. The van der Waals surface area contributed by atoms with E-state index in [0.29, 0.717) is 17.4 Å². The van der Waals surface area contributed by atoms with Crippen molar-refractivity contribution in [3.05, 3.63) is 58.3 Å². The number of nitriles is 1. The molecule has 1 aromatic heterocycles. The molecule has 0 saturated carbocycles. The molecule has 1 aromatic carbocycles. The first-order chi connectivity index (χ1) is 13.4. The van der Waals surface area contributed by atoms with E-state index in [2.05, 4.69) is 23.1 Å². The number of likely N-dealkylation sites (tertiary alicyclic amines) is 1. The molecule has 2 saturated heterocycles. The van der Waals surface area contributed by atoms with Gasteiger partial charge >= 0.3 is 0 Å². The molecule has 3 atom stereocenters. The van der Waals surface area contributed by atoms with Crippen LogP contribution >= 0.6 is 0 Å². The summed E-state index contributed by atoms with van der Waals surface area (Å²) in [6, 6.07) is 12.8. The maximum Gasteiger partial charge on any atom is 0.219 e. The average molecular weight is 374 g/mol. The molecule has 3 heterocycles. The summed E-state index contributed by atoms with van der Waals surface area (Å²) in [5, 5.41) is 9.75. The van der Waals surface area contributed by atoms with Crippen molar-refractivity contribution in [2.75, 3.05) is 24.5 Å². The highest BCUT2D eigenvalue weighted by Gasteiger charge is 2.49. The largest absolute Gasteiger partial charge is 0.355 e. The van der Waals surface area contributed by atoms with Crippen molar-refractivity contribution in [2.45, 2.75) is 33.7 Å². The number of fused-ring (bicyclic) bond motifs is 1. The topological polar surface area (TPSA) is 60.2 Å². The van der Waals surface area contributed by atoms with Gasteiger partial charge in [0.1, 0.15) is 11.9 Å². The van der Waals surface area contributed by atoms with Gasteiger partial charge in [0.25, 0.3) is 0 Å². The second kappa shape index (κ2) is 6.94. The molecule has 144 valence electrons. The SMILES string of the molecule is CC(=O)N1C[C@H]2CN(c3nc(C)c(C)c(C)c3C#N)C[C@H]2[C@H]1c1ccccc1. The van der Waals surface area contributed by atoms with Gasteiger partial charge in [0.15, 0.2) is 0 Å². The van der Waals surface area contributed by atoms with Crippen molar-refractivity contribution in [1.82, 2.24) is 9.88 Å². The quantitative estimate of drug-likeness (QED) is 0.807. The number of aromatic nitrogens is 1. The fourth-order valence-corrected chi connectivity index (χ4v) is 4.91. The van der Waals surface area contributed by atoms with E-state index >= 15 is 0 Å². The zero-order valence-corrected chi connectivity index (χ0v) is 16.9. The summed E-state index contributed by atoms with van der Waals surface area (Å²) in [6.07, 6.45) is 0. The van der Waals surface area contributed by atoms with Crippen LogP contribution in [0.3, 0.4) is 0 Å². The van der Waals surface area contributed by atoms with Crippen LogP contribution in [0.2, 0.25) is 0 Å². The van der Waals surface area contributed by atoms with Crippen LogP contribution in [-0.4, -0.2) is 35.4 Å². The van der Waals surface area contributed by atoms with Gasteiger partial charge < -0.3 is 9.80 Å². The van der Waals surface area contributed by atoms with Crippen LogP contribution in [0.15, 0.2) is 30.3 Å². The lowest BCUT2D eigenvalue weighted by atomic mass is 9.89. The molecular weight excluding hydrogens is 348 g/mol. The van der Waals surface area contributed by atoms with Crippen LogP contribution in [0.5, 0.6) is 0 Å². The molecule has 5 nitrogen and oxygen atoms in total. The molecule has 0 radical (unpaired) electrons. The van der Waals surface area contributed by atoms with Crippen molar-refractivity contribution in [1.29, 1.82) is 5.26 Å². The number of anilines is 1. The Balaban J connectivity index is 1.70. The first-order valence-corrected chi connectivity index (χ1v) is 9.87. The number of pyridine rings is 1. The molecule has 0 bridgehead atoms. The summed E-state index contributed by atoms with van der Waals surface area (Å²) in [6.45, 7) is 10.1. The lowest BCUT2D eigenvalue weighted by Crippen LogP contribution is -2.34. The second-order valence-corrected chi connectivity index (χ2v) is 8.11. The normalized spacial score (nSPS) is 23.6. The summed E-state index contributed by atoms with van der Waals surface area (Å²) in [5.41, 5.74) is 4.96. The molecule has 0 unspecified atom stereocenters. The van der Waals surface area contributed by atoms with E-state index in [0.717, 1.165) is 42.3 Å². The van der Waals surface area contributed by atoms with E-state index in [-0.39, 0.29) is 11.9 Å². The number of hydrogen-bond donors (Lipinski definition) is 0. The minimum atomic E-state index is 0.0897. The Bertz CT molecular complexity index is 963. The number of carbonyl (C=O) groups is 1. The average Bonchev–Trinajstić information content (AvgIpc) is 3.24. The zero-order valence-electron chi connectivity index (χ0n) is 16.9. The van der Waals surface area contributed by atoms with E-state index in [4.69, 9.17) is 4.98 Å². The molecular formula is C23H26N4O. The van der Waals surface area contributed by atoms with Crippen molar-refractivity contribution >= 4 is 11.7 Å². The van der Waals surface area contributed by atoms with Gasteiger partial charge in [-0.25, -0.2) is 4.98 Å². The van der Waals surface area contributed by atoms with Crippen molar-refractivity contribution in [3.8, 4) is 6.07 Å². The number of amides is 1. The highest BCUT2D eigenvalue weighted by molar-refractivity contribution is 5.74. The Hall–Kier alpha value is -2.87. The maximum atomic E-state index is 12.3. The third-order valence-electron chi connectivity index (χ3n) is 6.60. The van der Waals surface area contributed by atoms with Gasteiger partial charge in [0, 0.05) is 44.1 Å². The van der Waals surface area contributed by atoms with Crippen LogP contribution in [0, 0.1) is 43.9 Å². The minimum absolute atomic E-state index is 0.0897. The monoisotopic (exact) mass is 374 g/mol.